The van der Waals surface area contributed by atoms with Crippen molar-refractivity contribution in [1.82, 2.24) is 0 Å². The van der Waals surface area contributed by atoms with Crippen LogP contribution in [0.2, 0.25) is 0 Å². The van der Waals surface area contributed by atoms with Crippen molar-refractivity contribution >= 4 is 0 Å². The van der Waals surface area contributed by atoms with Gasteiger partial charge in [0.05, 0.1) is 13.2 Å². The summed E-state index contributed by atoms with van der Waals surface area (Å²) in [5.41, 5.74) is -0.396. The Labute approximate surface area is 137 Å². The van der Waals surface area contributed by atoms with Crippen molar-refractivity contribution in [2.75, 3.05) is 13.2 Å². The van der Waals surface area contributed by atoms with E-state index in [2.05, 4.69) is 0 Å². The minimum absolute atomic E-state index is 0.102. The first kappa shape index (κ1) is 16.5. The van der Waals surface area contributed by atoms with Crippen LogP contribution < -0.4 is 9.47 Å². The number of ether oxygens (including phenoxy) is 2. The first-order valence-electron chi connectivity index (χ1n) is 7.78. The van der Waals surface area contributed by atoms with Gasteiger partial charge >= 0.3 is 0 Å². The summed E-state index contributed by atoms with van der Waals surface area (Å²) in [6.45, 7) is 2.21. The van der Waals surface area contributed by atoms with Gasteiger partial charge in [-0.1, -0.05) is 0 Å². The molecule has 0 radical (unpaired) electrons. The minimum atomic E-state index is -1.21. The lowest BCUT2D eigenvalue weighted by Crippen LogP contribution is -2.02. The lowest BCUT2D eigenvalue weighted by molar-refractivity contribution is 0.280. The third-order valence-corrected chi connectivity index (χ3v) is 3.89. The SMILES string of the molecule is CCOc1ccc(-c2ccc(OCC3CC3)c(F)c2O)c(F)c1F. The molecule has 0 saturated heterocycles. The van der Waals surface area contributed by atoms with E-state index in [0.29, 0.717) is 12.5 Å². The number of hydrogen-bond acceptors (Lipinski definition) is 3. The van der Waals surface area contributed by atoms with E-state index in [1.165, 1.54) is 24.3 Å². The van der Waals surface area contributed by atoms with Gasteiger partial charge < -0.3 is 14.6 Å². The molecule has 0 unspecified atom stereocenters. The molecule has 0 aromatic heterocycles. The molecule has 2 aromatic rings. The molecule has 0 aliphatic heterocycles. The molecule has 1 saturated carbocycles. The van der Waals surface area contributed by atoms with Crippen LogP contribution in [-0.4, -0.2) is 18.3 Å². The van der Waals surface area contributed by atoms with E-state index in [9.17, 15) is 18.3 Å². The average Bonchev–Trinajstić information content (AvgIpc) is 3.39. The minimum Gasteiger partial charge on any atom is -0.504 e. The molecule has 3 rings (SSSR count). The maximum absolute atomic E-state index is 14.2. The van der Waals surface area contributed by atoms with Crippen molar-refractivity contribution in [3.8, 4) is 28.4 Å². The number of halogens is 3. The van der Waals surface area contributed by atoms with E-state index < -0.39 is 23.2 Å². The third-order valence-electron chi connectivity index (χ3n) is 3.89. The van der Waals surface area contributed by atoms with Gasteiger partial charge in [-0.25, -0.2) is 4.39 Å². The molecule has 1 aliphatic carbocycles. The van der Waals surface area contributed by atoms with E-state index >= 15 is 0 Å². The molecule has 1 N–H and O–H groups in total. The summed E-state index contributed by atoms with van der Waals surface area (Å²) in [6, 6.07) is 5.09. The summed E-state index contributed by atoms with van der Waals surface area (Å²) >= 11 is 0. The smallest absolute Gasteiger partial charge is 0.207 e. The van der Waals surface area contributed by atoms with Crippen molar-refractivity contribution in [3.05, 3.63) is 41.7 Å². The predicted molar refractivity (Wildman–Crippen MR) is 82.8 cm³/mol. The highest BCUT2D eigenvalue weighted by Crippen LogP contribution is 2.40. The fourth-order valence-electron chi connectivity index (χ4n) is 2.37. The molecule has 3 nitrogen and oxygen atoms in total. The third kappa shape index (κ3) is 3.13. The van der Waals surface area contributed by atoms with Crippen molar-refractivity contribution in [1.29, 1.82) is 0 Å². The van der Waals surface area contributed by atoms with Crippen LogP contribution in [0, 0.1) is 23.4 Å². The number of hydrogen-bond donors (Lipinski definition) is 1. The van der Waals surface area contributed by atoms with Gasteiger partial charge in [-0.15, -0.1) is 0 Å². The van der Waals surface area contributed by atoms with Gasteiger partial charge in [0.25, 0.3) is 0 Å². The first-order chi connectivity index (χ1) is 11.5. The molecule has 24 heavy (non-hydrogen) atoms. The van der Waals surface area contributed by atoms with Gasteiger partial charge in [0, 0.05) is 11.1 Å². The van der Waals surface area contributed by atoms with Crippen molar-refractivity contribution in [2.24, 2.45) is 5.92 Å². The Kier molecular flexibility index (Phi) is 4.55. The van der Waals surface area contributed by atoms with Gasteiger partial charge in [0.2, 0.25) is 11.6 Å². The first-order valence-corrected chi connectivity index (χ1v) is 7.78. The van der Waals surface area contributed by atoms with E-state index in [1.54, 1.807) is 6.92 Å². The highest BCUT2D eigenvalue weighted by Gasteiger charge is 2.24. The summed E-state index contributed by atoms with van der Waals surface area (Å²) < 4.78 is 52.7. The monoisotopic (exact) mass is 338 g/mol. The number of rotatable bonds is 6. The maximum atomic E-state index is 14.2. The lowest BCUT2D eigenvalue weighted by atomic mass is 10.0. The number of aromatic hydroxyl groups is 1. The molecular formula is C18H17F3O3. The molecule has 0 heterocycles. The predicted octanol–water partition coefficient (Wildman–Crippen LogP) is 4.66. The second-order valence-electron chi connectivity index (χ2n) is 5.70. The van der Waals surface area contributed by atoms with E-state index in [1.807, 2.05) is 0 Å². The van der Waals surface area contributed by atoms with Crippen LogP contribution in [0.3, 0.4) is 0 Å². The van der Waals surface area contributed by atoms with Crippen LogP contribution in [0.1, 0.15) is 19.8 Å². The normalized spacial score (nSPS) is 13.8. The Morgan fingerprint density at radius 2 is 1.54 bits per heavy atom. The maximum Gasteiger partial charge on any atom is 0.207 e. The van der Waals surface area contributed by atoms with Gasteiger partial charge in [0.1, 0.15) is 0 Å². The van der Waals surface area contributed by atoms with Crippen LogP contribution in [0.15, 0.2) is 24.3 Å². The molecule has 0 spiro atoms. The standard InChI is InChI=1S/C18H17F3O3/c1-2-23-13-7-5-11(15(19)16(13)20)12-6-8-14(17(21)18(12)22)24-9-10-3-4-10/h5-8,10,22H,2-4,9H2,1H3. The Balaban J connectivity index is 1.94. The van der Waals surface area contributed by atoms with Crippen LogP contribution in [-0.2, 0) is 0 Å². The van der Waals surface area contributed by atoms with E-state index in [-0.39, 0.29) is 29.2 Å². The Hall–Kier alpha value is -2.37. The lowest BCUT2D eigenvalue weighted by Gasteiger charge is -2.13. The Morgan fingerprint density at radius 3 is 2.17 bits per heavy atom. The largest absolute Gasteiger partial charge is 0.504 e. The van der Waals surface area contributed by atoms with Crippen LogP contribution in [0.25, 0.3) is 11.1 Å². The van der Waals surface area contributed by atoms with Gasteiger partial charge in [-0.05, 0) is 49.9 Å². The highest BCUT2D eigenvalue weighted by atomic mass is 19.2. The second kappa shape index (κ2) is 6.63. The zero-order valence-corrected chi connectivity index (χ0v) is 13.1. The summed E-state index contributed by atoms with van der Waals surface area (Å²) in [7, 11) is 0. The molecule has 128 valence electrons. The van der Waals surface area contributed by atoms with Crippen LogP contribution >= 0.6 is 0 Å². The van der Waals surface area contributed by atoms with Crippen LogP contribution in [0.5, 0.6) is 17.2 Å². The highest BCUT2D eigenvalue weighted by molar-refractivity contribution is 5.72. The Morgan fingerprint density at radius 1 is 0.917 bits per heavy atom. The summed E-state index contributed by atoms with van der Waals surface area (Å²) in [5, 5.41) is 10.0. The summed E-state index contributed by atoms with van der Waals surface area (Å²) in [6.07, 6.45) is 2.09. The molecule has 6 heteroatoms. The quantitative estimate of drug-likeness (QED) is 0.832. The van der Waals surface area contributed by atoms with Crippen molar-refractivity contribution < 1.29 is 27.8 Å². The molecule has 1 fully saturated rings. The Bertz CT molecular complexity index is 758. The zero-order valence-electron chi connectivity index (χ0n) is 13.1. The number of phenols is 1. The van der Waals surface area contributed by atoms with Crippen molar-refractivity contribution in [2.45, 2.75) is 19.8 Å². The number of benzene rings is 2. The molecule has 1 aliphatic rings. The second-order valence-corrected chi connectivity index (χ2v) is 5.70. The summed E-state index contributed by atoms with van der Waals surface area (Å²) in [5.74, 6) is -4.06. The van der Waals surface area contributed by atoms with Gasteiger partial charge in [-0.2, -0.15) is 8.78 Å². The molecule has 0 amide bonds. The fraction of sp³-hybridized carbons (Fsp3) is 0.333. The molecular weight excluding hydrogens is 321 g/mol. The number of phenolic OH excluding ortho intramolecular Hbond substituents is 1. The van der Waals surface area contributed by atoms with E-state index in [0.717, 1.165) is 12.8 Å². The topological polar surface area (TPSA) is 38.7 Å². The van der Waals surface area contributed by atoms with Gasteiger partial charge in [-0.3, -0.25) is 0 Å². The summed E-state index contributed by atoms with van der Waals surface area (Å²) in [4.78, 5) is 0. The molecule has 0 atom stereocenters. The molecule has 0 bridgehead atoms. The van der Waals surface area contributed by atoms with Crippen LogP contribution in [0.4, 0.5) is 13.2 Å². The fourth-order valence-corrected chi connectivity index (χ4v) is 2.37. The van der Waals surface area contributed by atoms with E-state index in [4.69, 9.17) is 9.47 Å². The molecule has 2 aromatic carbocycles. The van der Waals surface area contributed by atoms with Gasteiger partial charge in [0.15, 0.2) is 23.1 Å². The zero-order chi connectivity index (χ0) is 17.3. The average molecular weight is 338 g/mol. The van der Waals surface area contributed by atoms with Crippen molar-refractivity contribution in [3.63, 3.8) is 0 Å².